The van der Waals surface area contributed by atoms with E-state index in [-0.39, 0.29) is 5.91 Å². The summed E-state index contributed by atoms with van der Waals surface area (Å²) >= 11 is 0. The van der Waals surface area contributed by atoms with Crippen LogP contribution in [0.2, 0.25) is 0 Å². The lowest BCUT2D eigenvalue weighted by Gasteiger charge is -2.47. The molecule has 1 aromatic rings. The number of piperidine rings is 1. The molecule has 2 saturated heterocycles. The van der Waals surface area contributed by atoms with Gasteiger partial charge in [0.05, 0.1) is 0 Å². The minimum atomic E-state index is 0.193. The van der Waals surface area contributed by atoms with Crippen molar-refractivity contribution >= 4 is 5.91 Å². The summed E-state index contributed by atoms with van der Waals surface area (Å²) < 4.78 is 0. The summed E-state index contributed by atoms with van der Waals surface area (Å²) in [6.45, 7) is 5.31. The summed E-state index contributed by atoms with van der Waals surface area (Å²) in [5.74, 6) is 0.193. The highest BCUT2D eigenvalue weighted by molar-refractivity contribution is 5.94. The number of hydrogen-bond donors (Lipinski definition) is 0. The third-order valence-corrected chi connectivity index (χ3v) is 4.47. The third kappa shape index (κ3) is 2.52. The largest absolute Gasteiger partial charge is 0.333 e. The Kier molecular flexibility index (Phi) is 3.56. The van der Waals surface area contributed by atoms with Crippen molar-refractivity contribution in [3.8, 4) is 0 Å². The number of piperazine rings is 1. The zero-order chi connectivity index (χ0) is 13.2. The van der Waals surface area contributed by atoms with Crippen LogP contribution in [0.1, 0.15) is 36.5 Å². The molecule has 19 heavy (non-hydrogen) atoms. The van der Waals surface area contributed by atoms with Crippen LogP contribution in [0.3, 0.4) is 0 Å². The van der Waals surface area contributed by atoms with Crippen LogP contribution in [0.4, 0.5) is 0 Å². The molecule has 3 rings (SSSR count). The van der Waals surface area contributed by atoms with Gasteiger partial charge in [0.15, 0.2) is 0 Å². The molecule has 3 nitrogen and oxygen atoms in total. The van der Waals surface area contributed by atoms with E-state index in [0.717, 1.165) is 18.7 Å². The molecule has 1 amide bonds. The van der Waals surface area contributed by atoms with Gasteiger partial charge in [-0.1, -0.05) is 24.6 Å². The van der Waals surface area contributed by atoms with Crippen LogP contribution in [-0.2, 0) is 0 Å². The number of carbonyl (C=O) groups excluding carboxylic acids is 1. The zero-order valence-electron chi connectivity index (χ0n) is 11.6. The van der Waals surface area contributed by atoms with Crippen LogP contribution < -0.4 is 0 Å². The second-order valence-electron chi connectivity index (χ2n) is 5.82. The molecular weight excluding hydrogens is 236 g/mol. The van der Waals surface area contributed by atoms with E-state index in [0.29, 0.717) is 12.1 Å². The maximum absolute atomic E-state index is 12.6. The first-order chi connectivity index (χ1) is 9.25. The monoisotopic (exact) mass is 258 g/mol. The fourth-order valence-corrected chi connectivity index (χ4v) is 3.38. The van der Waals surface area contributed by atoms with Gasteiger partial charge >= 0.3 is 0 Å². The molecule has 0 unspecified atom stereocenters. The summed E-state index contributed by atoms with van der Waals surface area (Å²) in [6.07, 6.45) is 3.87. The lowest BCUT2D eigenvalue weighted by molar-refractivity contribution is 0.0151. The van der Waals surface area contributed by atoms with Crippen molar-refractivity contribution in [2.24, 2.45) is 0 Å². The van der Waals surface area contributed by atoms with Gasteiger partial charge in [-0.2, -0.15) is 0 Å². The average molecular weight is 258 g/mol. The van der Waals surface area contributed by atoms with Gasteiger partial charge in [-0.25, -0.2) is 0 Å². The molecule has 0 bridgehead atoms. The Hall–Kier alpha value is -1.35. The van der Waals surface area contributed by atoms with E-state index < -0.39 is 0 Å². The predicted octanol–water partition coefficient (Wildman–Crippen LogP) is 2.39. The Morgan fingerprint density at radius 2 is 1.95 bits per heavy atom. The molecule has 0 N–H and O–H groups in total. The number of carbonyl (C=O) groups is 1. The summed E-state index contributed by atoms with van der Waals surface area (Å²) in [7, 11) is 0. The van der Waals surface area contributed by atoms with Crippen molar-refractivity contribution in [2.75, 3.05) is 19.6 Å². The molecule has 3 heteroatoms. The Bertz CT molecular complexity index is 445. The number of fused-ring (bicyclic) bond motifs is 1. The smallest absolute Gasteiger partial charge is 0.254 e. The van der Waals surface area contributed by atoms with E-state index in [1.54, 1.807) is 0 Å². The fourth-order valence-electron chi connectivity index (χ4n) is 3.38. The van der Waals surface area contributed by atoms with Crippen LogP contribution in [-0.4, -0.2) is 47.4 Å². The molecule has 2 aliphatic heterocycles. The first-order valence-electron chi connectivity index (χ1n) is 7.36. The molecule has 0 radical (unpaired) electrons. The molecule has 0 aliphatic carbocycles. The minimum Gasteiger partial charge on any atom is -0.333 e. The Morgan fingerprint density at radius 1 is 1.16 bits per heavy atom. The van der Waals surface area contributed by atoms with Gasteiger partial charge in [-0.15, -0.1) is 0 Å². The van der Waals surface area contributed by atoms with E-state index >= 15 is 0 Å². The highest BCUT2D eigenvalue weighted by Crippen LogP contribution is 2.25. The van der Waals surface area contributed by atoms with Gasteiger partial charge in [0.25, 0.3) is 5.91 Å². The van der Waals surface area contributed by atoms with Crippen molar-refractivity contribution in [3.63, 3.8) is 0 Å². The fraction of sp³-hybridized carbons (Fsp3) is 0.562. The lowest BCUT2D eigenvalue weighted by atomic mass is 9.96. The summed E-state index contributed by atoms with van der Waals surface area (Å²) in [5.41, 5.74) is 0.818. The maximum atomic E-state index is 12.6. The summed E-state index contributed by atoms with van der Waals surface area (Å²) in [6, 6.07) is 10.6. The van der Waals surface area contributed by atoms with Crippen LogP contribution in [0.15, 0.2) is 30.3 Å². The third-order valence-electron chi connectivity index (χ3n) is 4.47. The van der Waals surface area contributed by atoms with Crippen LogP contribution in [0.25, 0.3) is 0 Å². The molecule has 2 atom stereocenters. The van der Waals surface area contributed by atoms with E-state index in [2.05, 4.69) is 16.7 Å². The number of rotatable bonds is 1. The highest BCUT2D eigenvalue weighted by Gasteiger charge is 2.35. The molecule has 1 aromatic carbocycles. The molecular formula is C16H22N2O. The molecule has 2 aliphatic rings. The number of nitrogens with zero attached hydrogens (tertiary/aromatic N) is 2. The predicted molar refractivity (Wildman–Crippen MR) is 76.2 cm³/mol. The van der Waals surface area contributed by atoms with E-state index in [4.69, 9.17) is 0 Å². The first kappa shape index (κ1) is 12.7. The van der Waals surface area contributed by atoms with Crippen LogP contribution >= 0.6 is 0 Å². The van der Waals surface area contributed by atoms with Crippen molar-refractivity contribution in [2.45, 2.75) is 38.3 Å². The quantitative estimate of drug-likeness (QED) is 0.772. The van der Waals surface area contributed by atoms with Crippen molar-refractivity contribution < 1.29 is 4.79 Å². The number of hydrogen-bond acceptors (Lipinski definition) is 2. The summed E-state index contributed by atoms with van der Waals surface area (Å²) in [4.78, 5) is 17.2. The number of amides is 1. The van der Waals surface area contributed by atoms with Crippen LogP contribution in [0, 0.1) is 0 Å². The maximum Gasteiger partial charge on any atom is 0.254 e. The average Bonchev–Trinajstić information content (AvgIpc) is 2.47. The lowest BCUT2D eigenvalue weighted by Crippen LogP contribution is -2.60. The Balaban J connectivity index is 1.75. The van der Waals surface area contributed by atoms with Gasteiger partial charge in [-0.3, -0.25) is 9.69 Å². The van der Waals surface area contributed by atoms with Gasteiger partial charge < -0.3 is 4.90 Å². The van der Waals surface area contributed by atoms with Gasteiger partial charge in [0.1, 0.15) is 0 Å². The van der Waals surface area contributed by atoms with Crippen molar-refractivity contribution in [1.82, 2.24) is 9.80 Å². The molecule has 2 fully saturated rings. The topological polar surface area (TPSA) is 23.6 Å². The van der Waals surface area contributed by atoms with E-state index in [1.807, 2.05) is 30.3 Å². The Labute approximate surface area is 115 Å². The molecule has 0 saturated carbocycles. The zero-order valence-corrected chi connectivity index (χ0v) is 11.6. The number of benzene rings is 1. The van der Waals surface area contributed by atoms with Gasteiger partial charge in [0, 0.05) is 30.7 Å². The second kappa shape index (κ2) is 5.33. The normalized spacial score (nSPS) is 27.9. The first-order valence-corrected chi connectivity index (χ1v) is 7.36. The standard InChI is InChI=1S/C16H22N2O/c1-13-11-17-10-6-5-9-15(17)12-18(13)16(19)14-7-3-2-4-8-14/h2-4,7-8,13,15H,5-6,9-12H2,1H3/t13-,15+/m0/s1. The van der Waals surface area contributed by atoms with Gasteiger partial charge in [-0.05, 0) is 38.4 Å². The molecule has 0 spiro atoms. The SMILES string of the molecule is C[C@H]1CN2CCCC[C@@H]2CN1C(=O)c1ccccc1. The Morgan fingerprint density at radius 3 is 2.74 bits per heavy atom. The molecule has 2 heterocycles. The van der Waals surface area contributed by atoms with E-state index in [1.165, 1.54) is 25.8 Å². The van der Waals surface area contributed by atoms with Crippen molar-refractivity contribution in [3.05, 3.63) is 35.9 Å². The van der Waals surface area contributed by atoms with E-state index in [9.17, 15) is 4.79 Å². The molecule has 0 aromatic heterocycles. The second-order valence-corrected chi connectivity index (χ2v) is 5.82. The van der Waals surface area contributed by atoms with Gasteiger partial charge in [0.2, 0.25) is 0 Å². The summed E-state index contributed by atoms with van der Waals surface area (Å²) in [5, 5.41) is 0. The van der Waals surface area contributed by atoms with Crippen molar-refractivity contribution in [1.29, 1.82) is 0 Å². The highest BCUT2D eigenvalue weighted by atomic mass is 16.2. The molecule has 102 valence electrons. The van der Waals surface area contributed by atoms with Crippen LogP contribution in [0.5, 0.6) is 0 Å². The minimum absolute atomic E-state index is 0.193.